The first-order chi connectivity index (χ1) is 5.16. The third-order valence-corrected chi connectivity index (χ3v) is 1.97. The lowest BCUT2D eigenvalue weighted by molar-refractivity contribution is 0.460. The van der Waals surface area contributed by atoms with E-state index in [-0.39, 0.29) is 0 Å². The molecule has 0 unspecified atom stereocenters. The maximum absolute atomic E-state index is 9.52. The van der Waals surface area contributed by atoms with Gasteiger partial charge in [-0.1, -0.05) is 6.92 Å². The highest BCUT2D eigenvalue weighted by atomic mass is 16.3. The quantitative estimate of drug-likeness (QED) is 0.665. The molecule has 1 rings (SSSR count). The molecule has 2 nitrogen and oxygen atoms in total. The van der Waals surface area contributed by atoms with Gasteiger partial charge in [-0.05, 0) is 31.4 Å². The molecule has 1 heterocycles. The highest BCUT2D eigenvalue weighted by Gasteiger charge is 2.04. The Morgan fingerprint density at radius 2 is 2.09 bits per heavy atom. The number of nitrogens with zero attached hydrogens (tertiary/aromatic N) is 1. The molecule has 2 heteroatoms. The molecule has 0 radical (unpaired) electrons. The van der Waals surface area contributed by atoms with Crippen LogP contribution in [0.5, 0.6) is 5.75 Å². The Balaban J connectivity index is 3.25. The highest BCUT2D eigenvalue weighted by Crippen LogP contribution is 2.22. The molecule has 1 aromatic rings. The zero-order valence-electron chi connectivity index (χ0n) is 7.18. The molecular weight excluding hydrogens is 138 g/mol. The van der Waals surface area contributed by atoms with Gasteiger partial charge in [0.25, 0.3) is 0 Å². The van der Waals surface area contributed by atoms with Gasteiger partial charge in [-0.25, -0.2) is 0 Å². The zero-order chi connectivity index (χ0) is 8.43. The number of aromatic hydroxyl groups is 1. The predicted molar refractivity (Wildman–Crippen MR) is 44.8 cm³/mol. The van der Waals surface area contributed by atoms with Gasteiger partial charge in [-0.15, -0.1) is 0 Å². The highest BCUT2D eigenvalue weighted by molar-refractivity contribution is 5.39. The summed E-state index contributed by atoms with van der Waals surface area (Å²) in [5, 5.41) is 9.52. The Morgan fingerprint density at radius 1 is 1.45 bits per heavy atom. The Bertz CT molecular complexity index is 269. The first-order valence-corrected chi connectivity index (χ1v) is 3.80. The van der Waals surface area contributed by atoms with Crippen LogP contribution in [-0.2, 0) is 6.42 Å². The fraction of sp³-hybridized carbons (Fsp3) is 0.444. The molecule has 0 atom stereocenters. The minimum Gasteiger partial charge on any atom is -0.506 e. The molecule has 0 saturated carbocycles. The molecule has 0 fully saturated rings. The zero-order valence-corrected chi connectivity index (χ0v) is 7.18. The molecule has 1 aromatic heterocycles. The average molecular weight is 151 g/mol. The van der Waals surface area contributed by atoms with Crippen molar-refractivity contribution in [1.82, 2.24) is 4.98 Å². The summed E-state index contributed by atoms with van der Waals surface area (Å²) in [6.07, 6.45) is 2.58. The van der Waals surface area contributed by atoms with Gasteiger partial charge < -0.3 is 5.11 Å². The summed E-state index contributed by atoms with van der Waals surface area (Å²) in [5.74, 6) is 0.354. The maximum Gasteiger partial charge on any atom is 0.140 e. The topological polar surface area (TPSA) is 33.1 Å². The number of aryl methyl sites for hydroxylation is 2. The van der Waals surface area contributed by atoms with Crippen molar-refractivity contribution in [2.45, 2.75) is 27.2 Å². The minimum absolute atomic E-state index is 0.354. The maximum atomic E-state index is 9.52. The Kier molecular flexibility index (Phi) is 2.13. The van der Waals surface area contributed by atoms with Crippen molar-refractivity contribution in [3.63, 3.8) is 0 Å². The van der Waals surface area contributed by atoms with E-state index in [1.807, 2.05) is 20.8 Å². The molecule has 0 amide bonds. The van der Waals surface area contributed by atoms with E-state index in [0.717, 1.165) is 23.2 Å². The van der Waals surface area contributed by atoms with Gasteiger partial charge in [0.15, 0.2) is 0 Å². The molecule has 0 spiro atoms. The van der Waals surface area contributed by atoms with Crippen molar-refractivity contribution in [1.29, 1.82) is 0 Å². The van der Waals surface area contributed by atoms with E-state index in [1.165, 1.54) is 0 Å². The number of hydrogen-bond acceptors (Lipinski definition) is 2. The van der Waals surface area contributed by atoms with E-state index in [1.54, 1.807) is 6.20 Å². The summed E-state index contributed by atoms with van der Waals surface area (Å²) in [6.45, 7) is 5.84. The first kappa shape index (κ1) is 8.05. The van der Waals surface area contributed by atoms with Gasteiger partial charge in [0.1, 0.15) is 5.75 Å². The third-order valence-electron chi connectivity index (χ3n) is 1.97. The lowest BCUT2D eigenvalue weighted by Gasteiger charge is -2.05. The van der Waals surface area contributed by atoms with Crippen LogP contribution in [0.1, 0.15) is 23.7 Å². The van der Waals surface area contributed by atoms with Crippen LogP contribution < -0.4 is 0 Å². The molecular formula is C9H13NO. The summed E-state index contributed by atoms with van der Waals surface area (Å²) in [7, 11) is 0. The van der Waals surface area contributed by atoms with Crippen molar-refractivity contribution < 1.29 is 5.11 Å². The van der Waals surface area contributed by atoms with E-state index in [9.17, 15) is 5.11 Å². The minimum atomic E-state index is 0.354. The van der Waals surface area contributed by atoms with Crippen LogP contribution in [0.3, 0.4) is 0 Å². The van der Waals surface area contributed by atoms with Crippen molar-refractivity contribution in [2.24, 2.45) is 0 Å². The van der Waals surface area contributed by atoms with E-state index in [0.29, 0.717) is 5.75 Å². The first-order valence-electron chi connectivity index (χ1n) is 3.80. The molecule has 0 bridgehead atoms. The average Bonchev–Trinajstić information content (AvgIpc) is 2.01. The fourth-order valence-electron chi connectivity index (χ4n) is 0.995. The van der Waals surface area contributed by atoms with Crippen LogP contribution in [0.4, 0.5) is 0 Å². The third kappa shape index (κ3) is 1.34. The monoisotopic (exact) mass is 151 g/mol. The summed E-state index contributed by atoms with van der Waals surface area (Å²) < 4.78 is 0. The lowest BCUT2D eigenvalue weighted by atomic mass is 10.1. The Hall–Kier alpha value is -1.05. The number of aromatic nitrogens is 1. The normalized spacial score (nSPS) is 10.1. The van der Waals surface area contributed by atoms with Crippen LogP contribution in [0.15, 0.2) is 6.20 Å². The van der Waals surface area contributed by atoms with Gasteiger partial charge in [-0.2, -0.15) is 0 Å². The van der Waals surface area contributed by atoms with E-state index in [2.05, 4.69) is 4.98 Å². The van der Waals surface area contributed by atoms with Crippen LogP contribution in [0, 0.1) is 13.8 Å². The molecule has 0 aromatic carbocycles. The summed E-state index contributed by atoms with van der Waals surface area (Å²) in [4.78, 5) is 4.11. The second-order valence-corrected chi connectivity index (χ2v) is 2.72. The van der Waals surface area contributed by atoms with Crippen LogP contribution in [0.25, 0.3) is 0 Å². The summed E-state index contributed by atoms with van der Waals surface area (Å²) >= 11 is 0. The second kappa shape index (κ2) is 2.91. The Labute approximate surface area is 66.9 Å². The van der Waals surface area contributed by atoms with Crippen LogP contribution in [-0.4, -0.2) is 10.1 Å². The molecule has 0 saturated heterocycles. The largest absolute Gasteiger partial charge is 0.506 e. The number of hydrogen-bond donors (Lipinski definition) is 1. The van der Waals surface area contributed by atoms with Crippen molar-refractivity contribution >= 4 is 0 Å². The smallest absolute Gasteiger partial charge is 0.140 e. The second-order valence-electron chi connectivity index (χ2n) is 2.72. The molecule has 0 aliphatic carbocycles. The molecule has 11 heavy (non-hydrogen) atoms. The van der Waals surface area contributed by atoms with Gasteiger partial charge in [-0.3, -0.25) is 4.98 Å². The fourth-order valence-corrected chi connectivity index (χ4v) is 0.995. The van der Waals surface area contributed by atoms with Gasteiger partial charge in [0.2, 0.25) is 0 Å². The number of rotatable bonds is 1. The SMILES string of the molecule is CCc1ncc(C)c(C)c1O. The van der Waals surface area contributed by atoms with Crippen molar-refractivity contribution in [3.05, 3.63) is 23.0 Å². The van der Waals surface area contributed by atoms with Crippen LogP contribution >= 0.6 is 0 Å². The van der Waals surface area contributed by atoms with Gasteiger partial charge in [0, 0.05) is 6.20 Å². The predicted octanol–water partition coefficient (Wildman–Crippen LogP) is 1.97. The number of pyridine rings is 1. The molecule has 1 N–H and O–H groups in total. The van der Waals surface area contributed by atoms with E-state index in [4.69, 9.17) is 0 Å². The summed E-state index contributed by atoms with van der Waals surface area (Å²) in [5.41, 5.74) is 2.77. The Morgan fingerprint density at radius 3 is 2.64 bits per heavy atom. The van der Waals surface area contributed by atoms with Crippen molar-refractivity contribution in [2.75, 3.05) is 0 Å². The van der Waals surface area contributed by atoms with Crippen molar-refractivity contribution in [3.8, 4) is 5.75 Å². The van der Waals surface area contributed by atoms with Gasteiger partial charge in [0.05, 0.1) is 5.69 Å². The van der Waals surface area contributed by atoms with Crippen LogP contribution in [0.2, 0.25) is 0 Å². The lowest BCUT2D eigenvalue weighted by Crippen LogP contribution is -1.92. The van der Waals surface area contributed by atoms with E-state index >= 15 is 0 Å². The molecule has 0 aliphatic heterocycles. The van der Waals surface area contributed by atoms with E-state index < -0.39 is 0 Å². The molecule has 60 valence electrons. The van der Waals surface area contributed by atoms with Gasteiger partial charge >= 0.3 is 0 Å². The standard InChI is InChI=1S/C9H13NO/c1-4-8-9(11)7(3)6(2)5-10-8/h5,11H,4H2,1-3H3. The molecule has 0 aliphatic rings. The summed E-state index contributed by atoms with van der Waals surface area (Å²) in [6, 6.07) is 0.